The molecule has 0 atom stereocenters. The molecule has 7 heteroatoms. The lowest BCUT2D eigenvalue weighted by atomic mass is 10.2. The SMILES string of the molecule is O=C(Nc1ccc(F)cc1)c1ccc(NS(=O)(=O)c2ccccc2)cc1. The third-order valence-electron chi connectivity index (χ3n) is 3.55. The van der Waals surface area contributed by atoms with E-state index in [1.54, 1.807) is 18.2 Å². The summed E-state index contributed by atoms with van der Waals surface area (Å²) < 4.78 is 39.9. The third-order valence-corrected chi connectivity index (χ3v) is 4.95. The minimum Gasteiger partial charge on any atom is -0.322 e. The Balaban J connectivity index is 1.70. The molecule has 0 bridgehead atoms. The Bertz CT molecular complexity index is 1000. The molecule has 2 N–H and O–H groups in total. The molecule has 3 aromatic carbocycles. The minimum absolute atomic E-state index is 0.151. The van der Waals surface area contributed by atoms with Crippen molar-refractivity contribution in [1.29, 1.82) is 0 Å². The van der Waals surface area contributed by atoms with Gasteiger partial charge in [0.2, 0.25) is 0 Å². The van der Waals surface area contributed by atoms with Crippen LogP contribution in [0.2, 0.25) is 0 Å². The van der Waals surface area contributed by atoms with Gasteiger partial charge in [0.05, 0.1) is 4.90 Å². The topological polar surface area (TPSA) is 75.3 Å². The maximum Gasteiger partial charge on any atom is 0.261 e. The van der Waals surface area contributed by atoms with E-state index in [0.29, 0.717) is 16.9 Å². The monoisotopic (exact) mass is 370 g/mol. The molecule has 5 nitrogen and oxygen atoms in total. The highest BCUT2D eigenvalue weighted by molar-refractivity contribution is 7.92. The van der Waals surface area contributed by atoms with Gasteiger partial charge in [-0.1, -0.05) is 18.2 Å². The first kappa shape index (κ1) is 17.6. The predicted molar refractivity (Wildman–Crippen MR) is 98.0 cm³/mol. The Morgan fingerprint density at radius 3 is 1.96 bits per heavy atom. The molecule has 26 heavy (non-hydrogen) atoms. The van der Waals surface area contributed by atoms with E-state index in [2.05, 4.69) is 10.0 Å². The van der Waals surface area contributed by atoms with Gasteiger partial charge in [0.15, 0.2) is 0 Å². The molecule has 0 aliphatic rings. The second kappa shape index (κ2) is 7.37. The Kier molecular flexibility index (Phi) is 4.99. The van der Waals surface area contributed by atoms with Crippen molar-refractivity contribution in [3.05, 3.63) is 90.2 Å². The van der Waals surface area contributed by atoms with Crippen LogP contribution in [0.1, 0.15) is 10.4 Å². The average molecular weight is 370 g/mol. The highest BCUT2D eigenvalue weighted by Crippen LogP contribution is 2.17. The van der Waals surface area contributed by atoms with Gasteiger partial charge in [-0.3, -0.25) is 9.52 Å². The van der Waals surface area contributed by atoms with E-state index in [9.17, 15) is 17.6 Å². The lowest BCUT2D eigenvalue weighted by Gasteiger charge is -2.09. The van der Waals surface area contributed by atoms with Gasteiger partial charge < -0.3 is 5.32 Å². The van der Waals surface area contributed by atoms with Crippen molar-refractivity contribution in [2.24, 2.45) is 0 Å². The molecule has 0 saturated heterocycles. The van der Waals surface area contributed by atoms with Crippen LogP contribution in [-0.2, 0) is 10.0 Å². The van der Waals surface area contributed by atoms with Crippen molar-refractivity contribution < 1.29 is 17.6 Å². The van der Waals surface area contributed by atoms with Gasteiger partial charge in [-0.2, -0.15) is 0 Å². The Labute approximate surface area is 150 Å². The number of nitrogens with one attached hydrogen (secondary N) is 2. The van der Waals surface area contributed by atoms with Gasteiger partial charge in [-0.15, -0.1) is 0 Å². The fourth-order valence-electron chi connectivity index (χ4n) is 2.24. The summed E-state index contributed by atoms with van der Waals surface area (Å²) in [7, 11) is -3.69. The van der Waals surface area contributed by atoms with Crippen LogP contribution in [0.5, 0.6) is 0 Å². The summed E-state index contributed by atoms with van der Waals surface area (Å²) in [4.78, 5) is 12.3. The van der Waals surface area contributed by atoms with E-state index in [1.807, 2.05) is 0 Å². The number of hydrogen-bond donors (Lipinski definition) is 2. The summed E-state index contributed by atoms with van der Waals surface area (Å²) in [6.45, 7) is 0. The van der Waals surface area contributed by atoms with E-state index < -0.39 is 15.8 Å². The number of benzene rings is 3. The van der Waals surface area contributed by atoms with Crippen LogP contribution in [0.15, 0.2) is 83.8 Å². The van der Waals surface area contributed by atoms with E-state index >= 15 is 0 Å². The molecule has 3 aromatic rings. The van der Waals surface area contributed by atoms with Crippen molar-refractivity contribution in [3.63, 3.8) is 0 Å². The normalized spacial score (nSPS) is 11.0. The molecular formula is C19H15FN2O3S. The summed E-state index contributed by atoms with van der Waals surface area (Å²) in [5, 5.41) is 2.63. The second-order valence-corrected chi connectivity index (χ2v) is 7.14. The average Bonchev–Trinajstić information content (AvgIpc) is 2.64. The van der Waals surface area contributed by atoms with Crippen LogP contribution in [0, 0.1) is 5.82 Å². The van der Waals surface area contributed by atoms with Gasteiger partial charge in [0, 0.05) is 16.9 Å². The molecule has 1 amide bonds. The number of halogens is 1. The maximum atomic E-state index is 12.9. The molecule has 0 spiro atoms. The highest BCUT2D eigenvalue weighted by atomic mass is 32.2. The number of amides is 1. The lowest BCUT2D eigenvalue weighted by Crippen LogP contribution is -2.14. The standard InChI is InChI=1S/C19H15FN2O3S/c20-15-8-12-16(13-9-15)21-19(23)14-6-10-17(11-7-14)22-26(24,25)18-4-2-1-3-5-18/h1-13,22H,(H,21,23). The number of rotatable bonds is 5. The maximum absolute atomic E-state index is 12.9. The zero-order valence-corrected chi connectivity index (χ0v) is 14.3. The van der Waals surface area contributed by atoms with Gasteiger partial charge in [-0.05, 0) is 60.7 Å². The molecule has 0 saturated carbocycles. The van der Waals surface area contributed by atoms with Crippen LogP contribution in [-0.4, -0.2) is 14.3 Å². The van der Waals surface area contributed by atoms with E-state index in [4.69, 9.17) is 0 Å². The lowest BCUT2D eigenvalue weighted by molar-refractivity contribution is 0.102. The smallest absolute Gasteiger partial charge is 0.261 e. The first-order valence-electron chi connectivity index (χ1n) is 7.69. The largest absolute Gasteiger partial charge is 0.322 e. The van der Waals surface area contributed by atoms with Crippen LogP contribution < -0.4 is 10.0 Å². The molecule has 0 radical (unpaired) electrons. The molecule has 3 rings (SSSR count). The molecule has 0 aromatic heterocycles. The summed E-state index contributed by atoms with van der Waals surface area (Å²) >= 11 is 0. The number of carbonyl (C=O) groups excluding carboxylic acids is 1. The summed E-state index contributed by atoms with van der Waals surface area (Å²) in [5.41, 5.74) is 1.15. The van der Waals surface area contributed by atoms with Crippen molar-refractivity contribution in [2.45, 2.75) is 4.90 Å². The molecule has 0 aliphatic heterocycles. The minimum atomic E-state index is -3.69. The van der Waals surface area contributed by atoms with Crippen molar-refractivity contribution in [3.8, 4) is 0 Å². The molecule has 0 fully saturated rings. The van der Waals surface area contributed by atoms with Crippen LogP contribution >= 0.6 is 0 Å². The van der Waals surface area contributed by atoms with Crippen molar-refractivity contribution in [2.75, 3.05) is 10.0 Å². The molecular weight excluding hydrogens is 355 g/mol. The van der Waals surface area contributed by atoms with Gasteiger partial charge in [-0.25, -0.2) is 12.8 Å². The number of carbonyl (C=O) groups is 1. The van der Waals surface area contributed by atoms with Crippen LogP contribution in [0.4, 0.5) is 15.8 Å². The Morgan fingerprint density at radius 1 is 0.769 bits per heavy atom. The molecule has 0 aliphatic carbocycles. The van der Waals surface area contributed by atoms with Gasteiger partial charge in [0.1, 0.15) is 5.82 Å². The summed E-state index contributed by atoms with van der Waals surface area (Å²) in [6, 6.07) is 19.4. The zero-order valence-electron chi connectivity index (χ0n) is 13.5. The first-order valence-corrected chi connectivity index (χ1v) is 9.17. The number of sulfonamides is 1. The number of anilines is 2. The van der Waals surface area contributed by atoms with E-state index in [1.165, 1.54) is 60.7 Å². The fraction of sp³-hybridized carbons (Fsp3) is 0. The predicted octanol–water partition coefficient (Wildman–Crippen LogP) is 3.88. The third kappa shape index (κ3) is 4.25. The molecule has 132 valence electrons. The fourth-order valence-corrected chi connectivity index (χ4v) is 3.32. The van der Waals surface area contributed by atoms with Crippen molar-refractivity contribution >= 4 is 27.3 Å². The summed E-state index contributed by atoms with van der Waals surface area (Å²) in [6.07, 6.45) is 0. The van der Waals surface area contributed by atoms with E-state index in [0.717, 1.165) is 0 Å². The Hall–Kier alpha value is -3.19. The van der Waals surface area contributed by atoms with Gasteiger partial charge in [0.25, 0.3) is 15.9 Å². The van der Waals surface area contributed by atoms with E-state index in [-0.39, 0.29) is 10.8 Å². The van der Waals surface area contributed by atoms with Crippen LogP contribution in [0.25, 0.3) is 0 Å². The first-order chi connectivity index (χ1) is 12.4. The van der Waals surface area contributed by atoms with Gasteiger partial charge >= 0.3 is 0 Å². The van der Waals surface area contributed by atoms with Crippen LogP contribution in [0.3, 0.4) is 0 Å². The zero-order chi connectivity index (χ0) is 18.6. The van der Waals surface area contributed by atoms with Crippen molar-refractivity contribution in [1.82, 2.24) is 0 Å². The molecule has 0 unspecified atom stereocenters. The quantitative estimate of drug-likeness (QED) is 0.716. The highest BCUT2D eigenvalue weighted by Gasteiger charge is 2.14. The second-order valence-electron chi connectivity index (χ2n) is 5.46. The summed E-state index contributed by atoms with van der Waals surface area (Å²) in [5.74, 6) is -0.771. The Morgan fingerprint density at radius 2 is 1.35 bits per heavy atom. The molecule has 0 heterocycles. The number of hydrogen-bond acceptors (Lipinski definition) is 3.